The third-order valence-corrected chi connectivity index (χ3v) is 1.71. The molecule has 14 heavy (non-hydrogen) atoms. The molecule has 1 unspecified atom stereocenters. The van der Waals surface area contributed by atoms with Crippen LogP contribution in [0.15, 0.2) is 24.3 Å². The lowest BCUT2D eigenvalue weighted by Gasteiger charge is -2.06. The number of hydrogen-bond donors (Lipinski definition) is 1. The number of aliphatic hydroxyl groups is 1. The molecule has 3 heteroatoms. The minimum absolute atomic E-state index is 0.0345. The van der Waals surface area contributed by atoms with E-state index in [9.17, 15) is 4.79 Å². The topological polar surface area (TPSA) is 46.5 Å². The lowest BCUT2D eigenvalue weighted by molar-refractivity contribution is 0.0296. The highest BCUT2D eigenvalue weighted by atomic mass is 16.5. The van der Waals surface area contributed by atoms with Crippen molar-refractivity contribution < 1.29 is 14.6 Å². The predicted octanol–water partition coefficient (Wildman–Crippen LogP) is 1.53. The van der Waals surface area contributed by atoms with Gasteiger partial charge in [-0.25, -0.2) is 4.79 Å². The first-order valence-electron chi connectivity index (χ1n) is 4.51. The minimum Gasteiger partial charge on any atom is -0.459 e. The van der Waals surface area contributed by atoms with Crippen LogP contribution in [0, 0.1) is 6.92 Å². The summed E-state index contributed by atoms with van der Waals surface area (Å²) in [6, 6.07) is 7.15. The molecule has 1 aromatic rings. The zero-order chi connectivity index (χ0) is 10.6. The van der Waals surface area contributed by atoms with Gasteiger partial charge >= 0.3 is 5.97 Å². The van der Waals surface area contributed by atoms with Gasteiger partial charge in [0, 0.05) is 0 Å². The molecular weight excluding hydrogens is 180 g/mol. The first-order valence-corrected chi connectivity index (χ1v) is 4.51. The fourth-order valence-corrected chi connectivity index (χ4v) is 1.05. The van der Waals surface area contributed by atoms with Crippen molar-refractivity contribution in [3.05, 3.63) is 35.4 Å². The van der Waals surface area contributed by atoms with E-state index in [1.807, 2.05) is 13.0 Å². The highest BCUT2D eigenvalue weighted by molar-refractivity contribution is 5.89. The van der Waals surface area contributed by atoms with E-state index in [-0.39, 0.29) is 6.61 Å². The Balaban J connectivity index is 2.61. The Labute approximate surface area is 83.3 Å². The largest absolute Gasteiger partial charge is 0.459 e. The number of carbonyl (C=O) groups is 1. The van der Waals surface area contributed by atoms with Gasteiger partial charge in [0.05, 0.1) is 11.7 Å². The molecule has 0 bridgehead atoms. The average Bonchev–Trinajstić information content (AvgIpc) is 2.14. The molecule has 0 aliphatic heterocycles. The molecule has 1 atom stereocenters. The van der Waals surface area contributed by atoms with Crippen molar-refractivity contribution in [2.45, 2.75) is 20.0 Å². The molecule has 1 rings (SSSR count). The second-order valence-electron chi connectivity index (χ2n) is 3.32. The van der Waals surface area contributed by atoms with E-state index >= 15 is 0 Å². The first kappa shape index (κ1) is 10.7. The Morgan fingerprint density at radius 1 is 1.57 bits per heavy atom. The molecule has 0 saturated carbocycles. The molecule has 0 aliphatic carbocycles. The first-order chi connectivity index (χ1) is 6.59. The molecule has 0 fully saturated rings. The summed E-state index contributed by atoms with van der Waals surface area (Å²) in [6.07, 6.45) is -0.622. The molecule has 0 amide bonds. The summed E-state index contributed by atoms with van der Waals surface area (Å²) in [5, 5.41) is 8.93. The smallest absolute Gasteiger partial charge is 0.338 e. The van der Waals surface area contributed by atoms with E-state index < -0.39 is 12.1 Å². The van der Waals surface area contributed by atoms with Crippen LogP contribution in [-0.4, -0.2) is 23.8 Å². The van der Waals surface area contributed by atoms with Crippen LogP contribution >= 0.6 is 0 Å². The second-order valence-corrected chi connectivity index (χ2v) is 3.32. The van der Waals surface area contributed by atoms with Gasteiger partial charge in [0.25, 0.3) is 0 Å². The Kier molecular flexibility index (Phi) is 3.65. The van der Waals surface area contributed by atoms with Crippen LogP contribution in [0.2, 0.25) is 0 Å². The number of rotatable bonds is 3. The molecule has 0 radical (unpaired) electrons. The molecule has 1 aromatic carbocycles. The lowest BCUT2D eigenvalue weighted by Crippen LogP contribution is -2.15. The van der Waals surface area contributed by atoms with Gasteiger partial charge in [0.2, 0.25) is 0 Å². The molecule has 0 heterocycles. The molecule has 0 aliphatic rings. The number of aliphatic hydroxyl groups excluding tert-OH is 1. The summed E-state index contributed by atoms with van der Waals surface area (Å²) in [5.41, 5.74) is 1.53. The van der Waals surface area contributed by atoms with Crippen molar-refractivity contribution in [2.24, 2.45) is 0 Å². The summed E-state index contributed by atoms with van der Waals surface area (Å²) in [4.78, 5) is 11.4. The molecule has 0 saturated heterocycles. The summed E-state index contributed by atoms with van der Waals surface area (Å²) in [6.45, 7) is 3.52. The van der Waals surface area contributed by atoms with Crippen LogP contribution in [0.25, 0.3) is 0 Å². The quantitative estimate of drug-likeness (QED) is 0.742. The highest BCUT2D eigenvalue weighted by Gasteiger charge is 2.07. The summed E-state index contributed by atoms with van der Waals surface area (Å²) < 4.78 is 4.86. The number of benzene rings is 1. The maximum Gasteiger partial charge on any atom is 0.338 e. The van der Waals surface area contributed by atoms with E-state index in [2.05, 4.69) is 0 Å². The Hall–Kier alpha value is -1.35. The normalized spacial score (nSPS) is 12.2. The van der Waals surface area contributed by atoms with Crippen LogP contribution < -0.4 is 0 Å². The lowest BCUT2D eigenvalue weighted by atomic mass is 10.1. The summed E-state index contributed by atoms with van der Waals surface area (Å²) >= 11 is 0. The number of aryl methyl sites for hydroxylation is 1. The Morgan fingerprint density at radius 2 is 2.29 bits per heavy atom. The van der Waals surface area contributed by atoms with E-state index in [4.69, 9.17) is 9.84 Å². The molecule has 0 spiro atoms. The van der Waals surface area contributed by atoms with E-state index in [1.165, 1.54) is 0 Å². The van der Waals surface area contributed by atoms with Gasteiger partial charge in [-0.05, 0) is 26.0 Å². The Bertz CT molecular complexity index is 318. The third kappa shape index (κ3) is 3.18. The highest BCUT2D eigenvalue weighted by Crippen LogP contribution is 2.05. The van der Waals surface area contributed by atoms with Gasteiger partial charge in [-0.15, -0.1) is 0 Å². The maximum atomic E-state index is 11.4. The number of ether oxygens (including phenoxy) is 1. The van der Waals surface area contributed by atoms with E-state index in [0.29, 0.717) is 5.56 Å². The monoisotopic (exact) mass is 194 g/mol. The van der Waals surface area contributed by atoms with Gasteiger partial charge in [0.1, 0.15) is 6.61 Å². The summed E-state index contributed by atoms with van der Waals surface area (Å²) in [7, 11) is 0. The van der Waals surface area contributed by atoms with Gasteiger partial charge in [0.15, 0.2) is 0 Å². The number of esters is 1. The van der Waals surface area contributed by atoms with Gasteiger partial charge < -0.3 is 9.84 Å². The molecule has 76 valence electrons. The van der Waals surface area contributed by atoms with Crippen LogP contribution in [0.4, 0.5) is 0 Å². The van der Waals surface area contributed by atoms with Crippen molar-refractivity contribution in [2.75, 3.05) is 6.61 Å². The van der Waals surface area contributed by atoms with Gasteiger partial charge in [-0.3, -0.25) is 0 Å². The third-order valence-electron chi connectivity index (χ3n) is 1.71. The fraction of sp³-hybridized carbons (Fsp3) is 0.364. The minimum atomic E-state index is -0.622. The van der Waals surface area contributed by atoms with Crippen molar-refractivity contribution in [3.8, 4) is 0 Å². The standard InChI is InChI=1S/C11H14O3/c1-8-4-3-5-10(6-8)11(13)14-7-9(2)12/h3-6,9,12H,7H2,1-2H3. The second kappa shape index (κ2) is 4.77. The zero-order valence-electron chi connectivity index (χ0n) is 8.36. The Morgan fingerprint density at radius 3 is 2.86 bits per heavy atom. The predicted molar refractivity (Wildman–Crippen MR) is 53.1 cm³/mol. The van der Waals surface area contributed by atoms with Gasteiger partial charge in [-0.1, -0.05) is 17.7 Å². The van der Waals surface area contributed by atoms with Crippen LogP contribution in [-0.2, 0) is 4.74 Å². The van der Waals surface area contributed by atoms with Crippen LogP contribution in [0.1, 0.15) is 22.8 Å². The molecular formula is C11H14O3. The van der Waals surface area contributed by atoms with Crippen molar-refractivity contribution in [1.29, 1.82) is 0 Å². The van der Waals surface area contributed by atoms with Gasteiger partial charge in [-0.2, -0.15) is 0 Å². The van der Waals surface area contributed by atoms with Crippen molar-refractivity contribution >= 4 is 5.97 Å². The summed E-state index contributed by atoms with van der Waals surface area (Å²) in [5.74, 6) is -0.394. The number of carbonyl (C=O) groups excluding carboxylic acids is 1. The molecule has 0 aromatic heterocycles. The number of hydrogen-bond acceptors (Lipinski definition) is 3. The SMILES string of the molecule is Cc1cccc(C(=O)OCC(C)O)c1. The fourth-order valence-electron chi connectivity index (χ4n) is 1.05. The van der Waals surface area contributed by atoms with E-state index in [0.717, 1.165) is 5.56 Å². The van der Waals surface area contributed by atoms with E-state index in [1.54, 1.807) is 25.1 Å². The van der Waals surface area contributed by atoms with Crippen molar-refractivity contribution in [3.63, 3.8) is 0 Å². The van der Waals surface area contributed by atoms with Crippen LogP contribution in [0.3, 0.4) is 0 Å². The van der Waals surface area contributed by atoms with Crippen LogP contribution in [0.5, 0.6) is 0 Å². The maximum absolute atomic E-state index is 11.4. The average molecular weight is 194 g/mol. The molecule has 3 nitrogen and oxygen atoms in total. The molecule has 1 N–H and O–H groups in total. The van der Waals surface area contributed by atoms with Crippen molar-refractivity contribution in [1.82, 2.24) is 0 Å². The zero-order valence-corrected chi connectivity index (χ0v) is 8.36.